The van der Waals surface area contributed by atoms with Crippen LogP contribution in [0.3, 0.4) is 0 Å². The Bertz CT molecular complexity index is 644. The first kappa shape index (κ1) is 14.7. The molecule has 5 heteroatoms. The molecule has 2 aromatic heterocycles. The lowest BCUT2D eigenvalue weighted by atomic mass is 10.2. The number of hydrogen-bond acceptors (Lipinski definition) is 5. The molecule has 3 heterocycles. The first-order chi connectivity index (χ1) is 10.8. The molecule has 2 aromatic rings. The van der Waals surface area contributed by atoms with E-state index in [0.717, 1.165) is 42.4 Å². The fourth-order valence-electron chi connectivity index (χ4n) is 2.61. The van der Waals surface area contributed by atoms with Crippen LogP contribution in [0.1, 0.15) is 12.1 Å². The van der Waals surface area contributed by atoms with Crippen molar-refractivity contribution in [2.75, 3.05) is 24.6 Å². The Morgan fingerprint density at radius 2 is 2.36 bits per heavy atom. The monoisotopic (exact) mass is 296 g/mol. The van der Waals surface area contributed by atoms with Gasteiger partial charge in [-0.05, 0) is 25.5 Å². The Morgan fingerprint density at radius 1 is 1.45 bits per heavy atom. The maximum atomic E-state index is 5.74. The lowest BCUT2D eigenvalue weighted by Gasteiger charge is -2.18. The van der Waals surface area contributed by atoms with Crippen molar-refractivity contribution in [1.82, 2.24) is 15.0 Å². The van der Waals surface area contributed by atoms with Crippen molar-refractivity contribution in [3.63, 3.8) is 0 Å². The molecule has 0 bridgehead atoms. The van der Waals surface area contributed by atoms with Gasteiger partial charge in [0.15, 0.2) is 5.82 Å². The van der Waals surface area contributed by atoms with E-state index in [0.29, 0.717) is 6.61 Å². The molecule has 0 aromatic carbocycles. The van der Waals surface area contributed by atoms with Crippen LogP contribution in [0.4, 0.5) is 5.82 Å². The summed E-state index contributed by atoms with van der Waals surface area (Å²) in [6.07, 6.45) is 6.59. The molecular formula is C17H20N4O. The number of pyridine rings is 1. The predicted molar refractivity (Wildman–Crippen MR) is 86.8 cm³/mol. The van der Waals surface area contributed by atoms with Crippen LogP contribution in [0.25, 0.3) is 11.4 Å². The Balaban J connectivity index is 1.80. The highest BCUT2D eigenvalue weighted by Crippen LogP contribution is 2.23. The second kappa shape index (κ2) is 6.66. The van der Waals surface area contributed by atoms with Gasteiger partial charge in [-0.1, -0.05) is 6.08 Å². The van der Waals surface area contributed by atoms with Gasteiger partial charge in [-0.25, -0.2) is 9.97 Å². The summed E-state index contributed by atoms with van der Waals surface area (Å²) >= 11 is 0. The molecule has 1 saturated heterocycles. The molecule has 5 nitrogen and oxygen atoms in total. The average Bonchev–Trinajstić information content (AvgIpc) is 3.02. The zero-order chi connectivity index (χ0) is 15.4. The zero-order valence-corrected chi connectivity index (χ0v) is 12.8. The van der Waals surface area contributed by atoms with Gasteiger partial charge in [0, 0.05) is 42.8 Å². The molecule has 1 aliphatic heterocycles. The molecule has 0 N–H and O–H groups in total. The molecule has 1 fully saturated rings. The third-order valence-corrected chi connectivity index (χ3v) is 3.68. The van der Waals surface area contributed by atoms with Gasteiger partial charge in [-0.3, -0.25) is 4.98 Å². The van der Waals surface area contributed by atoms with Crippen molar-refractivity contribution in [2.24, 2.45) is 0 Å². The number of ether oxygens (including phenoxy) is 1. The summed E-state index contributed by atoms with van der Waals surface area (Å²) in [7, 11) is 0. The van der Waals surface area contributed by atoms with Gasteiger partial charge in [-0.15, -0.1) is 6.58 Å². The summed E-state index contributed by atoms with van der Waals surface area (Å²) in [5.41, 5.74) is 1.89. The van der Waals surface area contributed by atoms with Crippen molar-refractivity contribution >= 4 is 5.82 Å². The molecule has 0 amide bonds. The summed E-state index contributed by atoms with van der Waals surface area (Å²) in [5.74, 6) is 1.68. The lowest BCUT2D eigenvalue weighted by Crippen LogP contribution is -2.24. The third-order valence-electron chi connectivity index (χ3n) is 3.68. The molecule has 0 saturated carbocycles. The van der Waals surface area contributed by atoms with E-state index in [1.807, 2.05) is 25.1 Å². The van der Waals surface area contributed by atoms with Gasteiger partial charge in [0.05, 0.1) is 12.7 Å². The smallest absolute Gasteiger partial charge is 0.163 e. The molecule has 1 atom stereocenters. The summed E-state index contributed by atoms with van der Waals surface area (Å²) in [6.45, 7) is 8.09. The quantitative estimate of drug-likeness (QED) is 0.794. The number of anilines is 1. The average molecular weight is 296 g/mol. The molecular weight excluding hydrogens is 276 g/mol. The third kappa shape index (κ3) is 3.31. The fourth-order valence-corrected chi connectivity index (χ4v) is 2.61. The number of hydrogen-bond donors (Lipinski definition) is 0. The number of rotatable bonds is 5. The topological polar surface area (TPSA) is 51.1 Å². The number of aryl methyl sites for hydroxylation is 1. The second-order valence-electron chi connectivity index (χ2n) is 5.41. The van der Waals surface area contributed by atoms with Crippen LogP contribution < -0.4 is 4.90 Å². The Hall–Kier alpha value is -2.27. The Kier molecular flexibility index (Phi) is 4.44. The van der Waals surface area contributed by atoms with E-state index in [1.54, 1.807) is 18.5 Å². The number of aromatic nitrogens is 3. The van der Waals surface area contributed by atoms with E-state index in [4.69, 9.17) is 9.72 Å². The standard InChI is InChI=1S/C17H20N4O/c1-3-9-22-15-6-8-21(12-15)16-10-13(2)19-17(20-16)14-5-4-7-18-11-14/h3-5,7,10-11,15H,1,6,8-9,12H2,2H3. The minimum Gasteiger partial charge on any atom is -0.372 e. The van der Waals surface area contributed by atoms with Crippen molar-refractivity contribution in [3.8, 4) is 11.4 Å². The zero-order valence-electron chi connectivity index (χ0n) is 12.8. The van der Waals surface area contributed by atoms with Gasteiger partial charge in [0.2, 0.25) is 0 Å². The van der Waals surface area contributed by atoms with Crippen molar-refractivity contribution in [3.05, 3.63) is 48.9 Å². The Morgan fingerprint density at radius 3 is 3.14 bits per heavy atom. The first-order valence-electron chi connectivity index (χ1n) is 7.50. The van der Waals surface area contributed by atoms with E-state index in [1.165, 1.54) is 0 Å². The summed E-state index contributed by atoms with van der Waals surface area (Å²) in [6, 6.07) is 5.90. The highest BCUT2D eigenvalue weighted by atomic mass is 16.5. The second-order valence-corrected chi connectivity index (χ2v) is 5.41. The largest absolute Gasteiger partial charge is 0.372 e. The van der Waals surface area contributed by atoms with Gasteiger partial charge >= 0.3 is 0 Å². The summed E-state index contributed by atoms with van der Waals surface area (Å²) in [4.78, 5) is 15.6. The van der Waals surface area contributed by atoms with Crippen LogP contribution in [0, 0.1) is 6.92 Å². The SMILES string of the molecule is C=CCOC1CCN(c2cc(C)nc(-c3cccnc3)n2)C1. The van der Waals surface area contributed by atoms with Crippen LogP contribution in [0.5, 0.6) is 0 Å². The van der Waals surface area contributed by atoms with Crippen LogP contribution in [-0.4, -0.2) is 40.8 Å². The molecule has 0 spiro atoms. The van der Waals surface area contributed by atoms with Crippen molar-refractivity contribution in [1.29, 1.82) is 0 Å². The molecule has 0 aliphatic carbocycles. The molecule has 0 radical (unpaired) electrons. The van der Waals surface area contributed by atoms with Crippen molar-refractivity contribution < 1.29 is 4.74 Å². The summed E-state index contributed by atoms with van der Waals surface area (Å²) < 4.78 is 5.74. The van der Waals surface area contributed by atoms with E-state index < -0.39 is 0 Å². The van der Waals surface area contributed by atoms with E-state index in [9.17, 15) is 0 Å². The summed E-state index contributed by atoms with van der Waals surface area (Å²) in [5, 5.41) is 0. The lowest BCUT2D eigenvalue weighted by molar-refractivity contribution is 0.0909. The van der Waals surface area contributed by atoms with Crippen molar-refractivity contribution in [2.45, 2.75) is 19.4 Å². The molecule has 3 rings (SSSR count). The van der Waals surface area contributed by atoms with Crippen LogP contribution in [-0.2, 0) is 4.74 Å². The highest BCUT2D eigenvalue weighted by molar-refractivity contribution is 5.57. The van der Waals surface area contributed by atoms with E-state index in [-0.39, 0.29) is 6.10 Å². The molecule has 22 heavy (non-hydrogen) atoms. The highest BCUT2D eigenvalue weighted by Gasteiger charge is 2.24. The molecule has 1 unspecified atom stereocenters. The van der Waals surface area contributed by atoms with Gasteiger partial charge < -0.3 is 9.64 Å². The van der Waals surface area contributed by atoms with Crippen LogP contribution in [0.2, 0.25) is 0 Å². The van der Waals surface area contributed by atoms with Crippen LogP contribution in [0.15, 0.2) is 43.2 Å². The predicted octanol–water partition coefficient (Wildman–Crippen LogP) is 2.63. The van der Waals surface area contributed by atoms with Crippen LogP contribution >= 0.6 is 0 Å². The normalized spacial score (nSPS) is 17.7. The van der Waals surface area contributed by atoms with E-state index in [2.05, 4.69) is 21.4 Å². The fraction of sp³-hybridized carbons (Fsp3) is 0.353. The van der Waals surface area contributed by atoms with Gasteiger partial charge in [0.25, 0.3) is 0 Å². The maximum Gasteiger partial charge on any atom is 0.163 e. The minimum absolute atomic E-state index is 0.245. The first-order valence-corrected chi connectivity index (χ1v) is 7.50. The minimum atomic E-state index is 0.245. The molecule has 1 aliphatic rings. The maximum absolute atomic E-state index is 5.74. The van der Waals surface area contributed by atoms with Gasteiger partial charge in [0.1, 0.15) is 5.82 Å². The number of nitrogens with zero attached hydrogens (tertiary/aromatic N) is 4. The molecule has 114 valence electrons. The Labute approximate surface area is 130 Å². The van der Waals surface area contributed by atoms with Gasteiger partial charge in [-0.2, -0.15) is 0 Å². The van der Waals surface area contributed by atoms with E-state index >= 15 is 0 Å².